The Morgan fingerprint density at radius 1 is 0.962 bits per heavy atom. The van der Waals surface area contributed by atoms with Crippen LogP contribution >= 0.6 is 23.4 Å². The van der Waals surface area contributed by atoms with Crippen LogP contribution in [0.3, 0.4) is 0 Å². The quantitative estimate of drug-likeness (QED) is 0.318. The molecule has 0 aliphatic heterocycles. The number of rotatable bonds is 11. The van der Waals surface area contributed by atoms with E-state index in [1.165, 1.54) is 0 Å². The van der Waals surface area contributed by atoms with E-state index >= 15 is 0 Å². The molecule has 0 aromatic heterocycles. The number of hydrogen-bond donors (Lipinski definition) is 1. The van der Waals surface area contributed by atoms with Gasteiger partial charge in [-0.1, -0.05) is 50.1 Å². The van der Waals surface area contributed by atoms with Crippen LogP contribution in [-0.4, -0.2) is 13.2 Å². The minimum Gasteiger partial charge on any atom is -0.492 e. The highest BCUT2D eigenvalue weighted by Gasteiger charge is 2.14. The van der Waals surface area contributed by atoms with E-state index < -0.39 is 0 Å². The first kappa shape index (κ1) is 20.6. The number of benzene rings is 2. The van der Waals surface area contributed by atoms with Gasteiger partial charge < -0.3 is 9.47 Å². The van der Waals surface area contributed by atoms with Gasteiger partial charge in [0, 0.05) is 22.1 Å². The first-order valence-corrected chi connectivity index (χ1v) is 10.1. The SMILES string of the molecule is CCCCOc1cc(Sc2ccc(Cl)cc2)c(OCCCC)cc1N=N. The van der Waals surface area contributed by atoms with Gasteiger partial charge in [0.15, 0.2) is 0 Å². The van der Waals surface area contributed by atoms with Crippen LogP contribution in [0.4, 0.5) is 5.69 Å². The Kier molecular flexibility index (Phi) is 8.78. The highest BCUT2D eigenvalue weighted by Crippen LogP contribution is 2.43. The molecule has 2 rings (SSSR count). The molecular formula is C20H25ClN2O2S. The molecule has 0 radical (unpaired) electrons. The second kappa shape index (κ2) is 11.1. The van der Waals surface area contributed by atoms with Gasteiger partial charge in [-0.05, 0) is 37.1 Å². The zero-order valence-electron chi connectivity index (χ0n) is 15.3. The average Bonchev–Trinajstić information content (AvgIpc) is 2.65. The van der Waals surface area contributed by atoms with Gasteiger partial charge >= 0.3 is 0 Å². The van der Waals surface area contributed by atoms with E-state index in [1.807, 2.05) is 30.3 Å². The second-order valence-electron chi connectivity index (χ2n) is 5.84. The van der Waals surface area contributed by atoms with Crippen molar-refractivity contribution < 1.29 is 9.47 Å². The number of nitrogens with zero attached hydrogens (tertiary/aromatic N) is 1. The maximum Gasteiger partial charge on any atom is 0.148 e. The van der Waals surface area contributed by atoms with Crippen molar-refractivity contribution in [3.05, 3.63) is 41.4 Å². The van der Waals surface area contributed by atoms with Crippen molar-refractivity contribution in [3.63, 3.8) is 0 Å². The van der Waals surface area contributed by atoms with Crippen LogP contribution in [0.1, 0.15) is 39.5 Å². The zero-order chi connectivity index (χ0) is 18.8. The molecule has 2 aromatic carbocycles. The van der Waals surface area contributed by atoms with Crippen molar-refractivity contribution in [1.82, 2.24) is 0 Å². The molecule has 0 saturated carbocycles. The third-order valence-electron chi connectivity index (χ3n) is 3.70. The molecule has 0 bridgehead atoms. The minimum atomic E-state index is 0.494. The third kappa shape index (κ3) is 6.22. The molecule has 140 valence electrons. The Morgan fingerprint density at radius 3 is 2.15 bits per heavy atom. The van der Waals surface area contributed by atoms with Gasteiger partial charge in [-0.25, -0.2) is 5.53 Å². The van der Waals surface area contributed by atoms with Crippen molar-refractivity contribution in [1.29, 1.82) is 5.53 Å². The van der Waals surface area contributed by atoms with Gasteiger partial charge in [0.2, 0.25) is 0 Å². The van der Waals surface area contributed by atoms with Gasteiger partial charge in [0.1, 0.15) is 17.2 Å². The van der Waals surface area contributed by atoms with Crippen molar-refractivity contribution in [3.8, 4) is 11.5 Å². The Labute approximate surface area is 164 Å². The summed E-state index contributed by atoms with van der Waals surface area (Å²) in [5.74, 6) is 1.35. The topological polar surface area (TPSA) is 54.7 Å². The molecule has 0 unspecified atom stereocenters. The van der Waals surface area contributed by atoms with E-state index in [0.717, 1.165) is 41.2 Å². The summed E-state index contributed by atoms with van der Waals surface area (Å²) in [7, 11) is 0. The van der Waals surface area contributed by atoms with Crippen LogP contribution in [0.2, 0.25) is 5.02 Å². The van der Waals surface area contributed by atoms with Gasteiger partial charge in [0.05, 0.1) is 18.1 Å². The summed E-state index contributed by atoms with van der Waals surface area (Å²) in [6.45, 7) is 5.49. The highest BCUT2D eigenvalue weighted by atomic mass is 35.5. The smallest absolute Gasteiger partial charge is 0.148 e. The van der Waals surface area contributed by atoms with Gasteiger partial charge in [-0.15, -0.1) is 0 Å². The first-order chi connectivity index (χ1) is 12.7. The van der Waals surface area contributed by atoms with Crippen molar-refractivity contribution in [2.45, 2.75) is 49.3 Å². The maximum atomic E-state index is 7.46. The van der Waals surface area contributed by atoms with Crippen molar-refractivity contribution in [2.75, 3.05) is 13.2 Å². The van der Waals surface area contributed by atoms with E-state index in [1.54, 1.807) is 17.8 Å². The molecule has 0 amide bonds. The summed E-state index contributed by atoms with van der Waals surface area (Å²) in [6, 6.07) is 11.4. The lowest BCUT2D eigenvalue weighted by atomic mass is 10.2. The lowest BCUT2D eigenvalue weighted by molar-refractivity contribution is 0.295. The summed E-state index contributed by atoms with van der Waals surface area (Å²) in [6.07, 6.45) is 4.06. The molecule has 0 saturated heterocycles. The Bertz CT molecular complexity index is 708. The molecule has 2 aromatic rings. The Hall–Kier alpha value is -1.72. The van der Waals surface area contributed by atoms with Gasteiger partial charge in [-0.3, -0.25) is 0 Å². The van der Waals surface area contributed by atoms with Crippen molar-refractivity contribution >= 4 is 29.1 Å². The van der Waals surface area contributed by atoms with Crippen LogP contribution in [-0.2, 0) is 0 Å². The standard InChI is InChI=1S/C20H25ClN2O2S/c1-3-5-11-24-18-14-20(26-16-9-7-15(21)8-10-16)19(13-17(18)23-22)25-12-6-4-2/h7-10,13-14,22H,3-6,11-12H2,1-2H3. The molecular weight excluding hydrogens is 368 g/mol. The fraction of sp³-hybridized carbons (Fsp3) is 0.400. The summed E-state index contributed by atoms with van der Waals surface area (Å²) >= 11 is 7.57. The molecule has 0 fully saturated rings. The normalized spacial score (nSPS) is 10.6. The Morgan fingerprint density at radius 2 is 1.58 bits per heavy atom. The maximum absolute atomic E-state index is 7.46. The second-order valence-corrected chi connectivity index (χ2v) is 7.39. The number of hydrogen-bond acceptors (Lipinski definition) is 5. The van der Waals surface area contributed by atoms with Crippen LogP contribution in [0.25, 0.3) is 0 Å². The van der Waals surface area contributed by atoms with Gasteiger partial charge in [0.25, 0.3) is 0 Å². The molecule has 0 aliphatic rings. The van der Waals surface area contributed by atoms with E-state index in [9.17, 15) is 0 Å². The molecule has 0 spiro atoms. The molecule has 4 nitrogen and oxygen atoms in total. The van der Waals surface area contributed by atoms with Crippen LogP contribution in [0.5, 0.6) is 11.5 Å². The van der Waals surface area contributed by atoms with E-state index in [-0.39, 0.29) is 0 Å². The molecule has 6 heteroatoms. The molecule has 1 N–H and O–H groups in total. The number of halogens is 1. The van der Waals surface area contributed by atoms with Crippen LogP contribution in [0, 0.1) is 5.53 Å². The summed E-state index contributed by atoms with van der Waals surface area (Å²) in [5, 5.41) is 4.33. The highest BCUT2D eigenvalue weighted by molar-refractivity contribution is 7.99. The third-order valence-corrected chi connectivity index (χ3v) is 5.00. The lowest BCUT2D eigenvalue weighted by Crippen LogP contribution is -2.00. The summed E-state index contributed by atoms with van der Waals surface area (Å²) < 4.78 is 11.8. The zero-order valence-corrected chi connectivity index (χ0v) is 16.8. The van der Waals surface area contributed by atoms with E-state index in [0.29, 0.717) is 29.7 Å². The lowest BCUT2D eigenvalue weighted by Gasteiger charge is -2.15. The van der Waals surface area contributed by atoms with Crippen molar-refractivity contribution in [2.24, 2.45) is 5.11 Å². The molecule has 0 atom stereocenters. The fourth-order valence-corrected chi connectivity index (χ4v) is 3.25. The molecule has 26 heavy (non-hydrogen) atoms. The predicted octanol–water partition coefficient (Wildman–Crippen LogP) is 7.51. The number of ether oxygens (including phenoxy) is 2. The predicted molar refractivity (Wildman–Crippen MR) is 108 cm³/mol. The monoisotopic (exact) mass is 392 g/mol. The number of nitrogens with one attached hydrogen (secondary N) is 1. The van der Waals surface area contributed by atoms with E-state index in [4.69, 9.17) is 26.6 Å². The van der Waals surface area contributed by atoms with Crippen LogP contribution < -0.4 is 9.47 Å². The molecule has 0 aliphatic carbocycles. The first-order valence-electron chi connectivity index (χ1n) is 8.92. The van der Waals surface area contributed by atoms with E-state index in [2.05, 4.69) is 19.0 Å². The summed E-state index contributed by atoms with van der Waals surface area (Å²) in [4.78, 5) is 2.01. The van der Waals surface area contributed by atoms with Gasteiger partial charge in [-0.2, -0.15) is 5.11 Å². The molecule has 0 heterocycles. The largest absolute Gasteiger partial charge is 0.492 e. The summed E-state index contributed by atoms with van der Waals surface area (Å²) in [5.41, 5.74) is 7.95. The Balaban J connectivity index is 2.30. The number of unbranched alkanes of at least 4 members (excludes halogenated alkanes) is 2. The van der Waals surface area contributed by atoms with Crippen LogP contribution in [0.15, 0.2) is 51.3 Å². The fourth-order valence-electron chi connectivity index (χ4n) is 2.21. The minimum absolute atomic E-state index is 0.494. The average molecular weight is 393 g/mol.